The molecule has 0 bridgehead atoms. The molecule has 1 amide bonds. The molecular weight excluding hydrogens is 250 g/mol. The number of nitrogens with two attached hydrogens (primary N) is 1. The van der Waals surface area contributed by atoms with Gasteiger partial charge in [-0.3, -0.25) is 4.79 Å². The quantitative estimate of drug-likeness (QED) is 0.866. The minimum absolute atomic E-state index is 0.0718. The first-order valence-electron chi connectivity index (χ1n) is 7.13. The van der Waals surface area contributed by atoms with Gasteiger partial charge in [-0.2, -0.15) is 0 Å². The fourth-order valence-electron chi connectivity index (χ4n) is 2.93. The van der Waals surface area contributed by atoms with Gasteiger partial charge in [-0.15, -0.1) is 0 Å². The zero-order chi connectivity index (χ0) is 14.1. The highest BCUT2D eigenvalue weighted by molar-refractivity contribution is 6.07. The van der Waals surface area contributed by atoms with Crippen molar-refractivity contribution in [2.24, 2.45) is 0 Å². The predicted octanol–water partition coefficient (Wildman–Crippen LogP) is 2.83. The topological polar surface area (TPSA) is 59.2 Å². The monoisotopic (exact) mass is 269 g/mol. The average Bonchev–Trinajstić information content (AvgIpc) is 2.46. The van der Waals surface area contributed by atoms with E-state index < -0.39 is 0 Å². The Morgan fingerprint density at radius 2 is 2.15 bits per heavy atom. The summed E-state index contributed by atoms with van der Waals surface area (Å²) in [5, 5.41) is 0.879. The smallest absolute Gasteiger partial charge is 0.254 e. The van der Waals surface area contributed by atoms with Crippen molar-refractivity contribution in [3.63, 3.8) is 0 Å². The van der Waals surface area contributed by atoms with Crippen molar-refractivity contribution in [3.05, 3.63) is 35.9 Å². The van der Waals surface area contributed by atoms with Gasteiger partial charge in [-0.1, -0.05) is 18.2 Å². The number of nitrogen functional groups attached to an aromatic ring is 1. The van der Waals surface area contributed by atoms with E-state index in [4.69, 9.17) is 5.73 Å². The third-order valence-electron chi connectivity index (χ3n) is 4.03. The van der Waals surface area contributed by atoms with Crippen molar-refractivity contribution in [2.75, 3.05) is 12.3 Å². The molecule has 0 saturated carbocycles. The highest BCUT2D eigenvalue weighted by atomic mass is 16.2. The second-order valence-corrected chi connectivity index (χ2v) is 5.46. The Balaban J connectivity index is 2.06. The number of carbonyl (C=O) groups is 1. The first kappa shape index (κ1) is 12.9. The summed E-state index contributed by atoms with van der Waals surface area (Å²) in [6, 6.07) is 9.66. The molecule has 0 radical (unpaired) electrons. The van der Waals surface area contributed by atoms with Crippen LogP contribution in [0.15, 0.2) is 30.3 Å². The molecule has 0 aliphatic carbocycles. The minimum atomic E-state index is 0.0718. The van der Waals surface area contributed by atoms with Crippen LogP contribution in [0, 0.1) is 0 Å². The van der Waals surface area contributed by atoms with Crippen LogP contribution < -0.4 is 5.73 Å². The van der Waals surface area contributed by atoms with Crippen molar-refractivity contribution in [2.45, 2.75) is 32.2 Å². The van der Waals surface area contributed by atoms with Crippen LogP contribution in [0.5, 0.6) is 0 Å². The number of amides is 1. The van der Waals surface area contributed by atoms with Crippen molar-refractivity contribution in [1.82, 2.24) is 9.88 Å². The van der Waals surface area contributed by atoms with E-state index in [2.05, 4.69) is 11.9 Å². The number of anilines is 1. The van der Waals surface area contributed by atoms with Gasteiger partial charge in [0.15, 0.2) is 0 Å². The second kappa shape index (κ2) is 5.12. The standard InChI is InChI=1S/C16H19N3O/c1-11-6-4-5-9-19(11)16(20)13-10-15(17)18-14-8-3-2-7-12(13)14/h2-3,7-8,10-11H,4-6,9H2,1H3,(H2,17,18). The van der Waals surface area contributed by atoms with Crippen LogP contribution in [0.4, 0.5) is 5.82 Å². The normalized spacial score (nSPS) is 19.2. The van der Waals surface area contributed by atoms with Gasteiger partial charge in [-0.25, -0.2) is 4.98 Å². The lowest BCUT2D eigenvalue weighted by Crippen LogP contribution is -2.42. The van der Waals surface area contributed by atoms with Crippen LogP contribution in [0.2, 0.25) is 0 Å². The average molecular weight is 269 g/mol. The first-order chi connectivity index (χ1) is 9.66. The molecule has 0 spiro atoms. The number of hydrogen-bond donors (Lipinski definition) is 1. The molecule has 1 fully saturated rings. The number of nitrogens with zero attached hydrogens (tertiary/aromatic N) is 2. The predicted molar refractivity (Wildman–Crippen MR) is 80.5 cm³/mol. The molecule has 1 atom stereocenters. The molecule has 20 heavy (non-hydrogen) atoms. The van der Waals surface area contributed by atoms with E-state index in [0.717, 1.165) is 30.3 Å². The number of likely N-dealkylation sites (tertiary alicyclic amines) is 1. The van der Waals surface area contributed by atoms with E-state index in [1.807, 2.05) is 29.2 Å². The lowest BCUT2D eigenvalue weighted by Gasteiger charge is -2.33. The summed E-state index contributed by atoms with van der Waals surface area (Å²) in [5.74, 6) is 0.471. The van der Waals surface area contributed by atoms with Gasteiger partial charge in [0.2, 0.25) is 0 Å². The van der Waals surface area contributed by atoms with Gasteiger partial charge in [0, 0.05) is 18.0 Å². The van der Waals surface area contributed by atoms with E-state index in [0.29, 0.717) is 17.4 Å². The molecule has 104 valence electrons. The first-order valence-corrected chi connectivity index (χ1v) is 7.13. The van der Waals surface area contributed by atoms with Crippen molar-refractivity contribution >= 4 is 22.6 Å². The molecule has 3 rings (SSSR count). The molecule has 1 aromatic heterocycles. The lowest BCUT2D eigenvalue weighted by atomic mass is 10.0. The third-order valence-corrected chi connectivity index (χ3v) is 4.03. The SMILES string of the molecule is CC1CCCCN1C(=O)c1cc(N)nc2ccccc12. The molecule has 1 aliphatic rings. The van der Waals surface area contributed by atoms with Gasteiger partial charge in [-0.05, 0) is 38.3 Å². The number of fused-ring (bicyclic) bond motifs is 1. The largest absolute Gasteiger partial charge is 0.384 e. The van der Waals surface area contributed by atoms with E-state index in [9.17, 15) is 4.79 Å². The molecule has 1 aliphatic heterocycles. The number of carbonyl (C=O) groups excluding carboxylic acids is 1. The number of pyridine rings is 1. The van der Waals surface area contributed by atoms with Crippen LogP contribution in [-0.4, -0.2) is 28.4 Å². The Bertz CT molecular complexity index is 653. The van der Waals surface area contributed by atoms with E-state index >= 15 is 0 Å². The van der Waals surface area contributed by atoms with Crippen LogP contribution >= 0.6 is 0 Å². The molecule has 2 aromatic rings. The van der Waals surface area contributed by atoms with Crippen molar-refractivity contribution in [3.8, 4) is 0 Å². The number of rotatable bonds is 1. The maximum Gasteiger partial charge on any atom is 0.254 e. The summed E-state index contributed by atoms with van der Waals surface area (Å²) in [5.41, 5.74) is 7.29. The molecule has 2 heterocycles. The Hall–Kier alpha value is -2.10. The maximum absolute atomic E-state index is 12.8. The zero-order valence-corrected chi connectivity index (χ0v) is 11.7. The van der Waals surface area contributed by atoms with Gasteiger partial charge < -0.3 is 10.6 Å². The number of para-hydroxylation sites is 1. The summed E-state index contributed by atoms with van der Waals surface area (Å²) < 4.78 is 0. The number of benzene rings is 1. The fraction of sp³-hybridized carbons (Fsp3) is 0.375. The van der Waals surface area contributed by atoms with E-state index in [1.165, 1.54) is 6.42 Å². The molecule has 4 heteroatoms. The summed E-state index contributed by atoms with van der Waals surface area (Å²) in [4.78, 5) is 19.1. The Morgan fingerprint density at radius 1 is 1.35 bits per heavy atom. The van der Waals surface area contributed by atoms with Gasteiger partial charge in [0.1, 0.15) is 5.82 Å². The van der Waals surface area contributed by atoms with Crippen LogP contribution in [0.1, 0.15) is 36.5 Å². The van der Waals surface area contributed by atoms with Gasteiger partial charge in [0.05, 0.1) is 11.1 Å². The van der Waals surface area contributed by atoms with Crippen LogP contribution in [0.3, 0.4) is 0 Å². The molecular formula is C16H19N3O. The molecule has 1 unspecified atom stereocenters. The number of hydrogen-bond acceptors (Lipinski definition) is 3. The maximum atomic E-state index is 12.8. The minimum Gasteiger partial charge on any atom is -0.384 e. The Morgan fingerprint density at radius 3 is 2.95 bits per heavy atom. The van der Waals surface area contributed by atoms with Gasteiger partial charge >= 0.3 is 0 Å². The summed E-state index contributed by atoms with van der Waals surface area (Å²) >= 11 is 0. The summed E-state index contributed by atoms with van der Waals surface area (Å²) in [7, 11) is 0. The van der Waals surface area contributed by atoms with Gasteiger partial charge in [0.25, 0.3) is 5.91 Å². The van der Waals surface area contributed by atoms with Crippen LogP contribution in [-0.2, 0) is 0 Å². The lowest BCUT2D eigenvalue weighted by molar-refractivity contribution is 0.0637. The van der Waals surface area contributed by atoms with Crippen molar-refractivity contribution < 1.29 is 4.79 Å². The van der Waals surface area contributed by atoms with Crippen LogP contribution in [0.25, 0.3) is 10.9 Å². The highest BCUT2D eigenvalue weighted by Gasteiger charge is 2.25. The van der Waals surface area contributed by atoms with E-state index in [1.54, 1.807) is 6.07 Å². The number of piperidine rings is 1. The molecule has 2 N–H and O–H groups in total. The van der Waals surface area contributed by atoms with Crippen molar-refractivity contribution in [1.29, 1.82) is 0 Å². The Labute approximate surface area is 118 Å². The highest BCUT2D eigenvalue weighted by Crippen LogP contribution is 2.24. The van der Waals surface area contributed by atoms with E-state index in [-0.39, 0.29) is 5.91 Å². The summed E-state index contributed by atoms with van der Waals surface area (Å²) in [6.07, 6.45) is 3.35. The zero-order valence-electron chi connectivity index (χ0n) is 11.7. The molecule has 1 saturated heterocycles. The molecule has 1 aromatic carbocycles. The molecule has 4 nitrogen and oxygen atoms in total. The number of aromatic nitrogens is 1. The third kappa shape index (κ3) is 2.22. The Kier molecular flexibility index (Phi) is 3.30. The summed E-state index contributed by atoms with van der Waals surface area (Å²) in [6.45, 7) is 2.94. The fourth-order valence-corrected chi connectivity index (χ4v) is 2.93. The second-order valence-electron chi connectivity index (χ2n) is 5.46.